The van der Waals surface area contributed by atoms with Crippen LogP contribution >= 0.6 is 11.3 Å². The molecule has 7 heteroatoms. The minimum atomic E-state index is -0.531. The normalized spacial score (nSPS) is 20.3. The Morgan fingerprint density at radius 1 is 1.36 bits per heavy atom. The van der Waals surface area contributed by atoms with Crippen molar-refractivity contribution in [1.82, 2.24) is 4.90 Å². The van der Waals surface area contributed by atoms with Gasteiger partial charge < -0.3 is 19.1 Å². The van der Waals surface area contributed by atoms with E-state index in [-0.39, 0.29) is 24.8 Å². The van der Waals surface area contributed by atoms with Crippen LogP contribution in [0.3, 0.4) is 0 Å². The van der Waals surface area contributed by atoms with Crippen LogP contribution in [0.2, 0.25) is 0 Å². The summed E-state index contributed by atoms with van der Waals surface area (Å²) in [6, 6.07) is 1.95. The molecule has 25 heavy (non-hydrogen) atoms. The largest absolute Gasteiger partial charge is 0.459 e. The first-order chi connectivity index (χ1) is 11.8. The van der Waals surface area contributed by atoms with Crippen LogP contribution in [0, 0.1) is 0 Å². The van der Waals surface area contributed by atoms with Gasteiger partial charge in [-0.25, -0.2) is 9.59 Å². The van der Waals surface area contributed by atoms with Crippen LogP contribution in [-0.4, -0.2) is 55.0 Å². The number of hydrogen-bond donors (Lipinski definition) is 0. The smallest absolute Gasteiger partial charge is 0.410 e. The Labute approximate surface area is 152 Å². The molecule has 0 saturated carbocycles. The average molecular weight is 367 g/mol. The highest BCUT2D eigenvalue weighted by molar-refractivity contribution is 7.14. The van der Waals surface area contributed by atoms with Gasteiger partial charge in [-0.3, -0.25) is 0 Å². The zero-order valence-electron chi connectivity index (χ0n) is 15.0. The molecule has 1 saturated heterocycles. The van der Waals surface area contributed by atoms with Crippen LogP contribution < -0.4 is 0 Å². The molecule has 0 N–H and O–H groups in total. The lowest BCUT2D eigenvalue weighted by atomic mass is 10.2. The van der Waals surface area contributed by atoms with E-state index in [1.807, 2.05) is 26.8 Å². The van der Waals surface area contributed by atoms with Gasteiger partial charge in [0.25, 0.3) is 0 Å². The molecule has 2 heterocycles. The van der Waals surface area contributed by atoms with E-state index in [2.05, 4.69) is 0 Å². The maximum atomic E-state index is 12.2. The second kappa shape index (κ2) is 7.33. The molecule has 3 rings (SSSR count). The van der Waals surface area contributed by atoms with E-state index in [0.29, 0.717) is 24.6 Å². The first-order valence-electron chi connectivity index (χ1n) is 8.70. The molecule has 0 radical (unpaired) electrons. The number of thiophene rings is 1. The van der Waals surface area contributed by atoms with Crippen molar-refractivity contribution in [3.8, 4) is 0 Å². The van der Waals surface area contributed by atoms with Gasteiger partial charge in [0.15, 0.2) is 0 Å². The summed E-state index contributed by atoms with van der Waals surface area (Å²) >= 11 is 1.53. The van der Waals surface area contributed by atoms with Crippen LogP contribution in [0.15, 0.2) is 6.07 Å². The number of aryl methyl sites for hydroxylation is 2. The lowest BCUT2D eigenvalue weighted by molar-refractivity contribution is -0.0638. The number of esters is 1. The Hall–Kier alpha value is -1.60. The van der Waals surface area contributed by atoms with E-state index in [9.17, 15) is 9.59 Å². The molecule has 138 valence electrons. The Morgan fingerprint density at radius 2 is 2.16 bits per heavy atom. The molecule has 6 nitrogen and oxygen atoms in total. The molecule has 0 aromatic carbocycles. The summed E-state index contributed by atoms with van der Waals surface area (Å²) in [4.78, 5) is 27.9. The molecular weight excluding hydrogens is 342 g/mol. The van der Waals surface area contributed by atoms with E-state index in [1.54, 1.807) is 4.90 Å². The molecule has 1 fully saturated rings. The number of ether oxygens (including phenoxy) is 3. The number of nitrogens with zero attached hydrogens (tertiary/aromatic N) is 1. The van der Waals surface area contributed by atoms with Crippen LogP contribution in [0.25, 0.3) is 0 Å². The molecule has 0 bridgehead atoms. The topological polar surface area (TPSA) is 65.1 Å². The Kier molecular flexibility index (Phi) is 5.34. The summed E-state index contributed by atoms with van der Waals surface area (Å²) in [5.41, 5.74) is 0.749. The summed E-state index contributed by atoms with van der Waals surface area (Å²) in [5.74, 6) is -0.308. The summed E-state index contributed by atoms with van der Waals surface area (Å²) in [5, 5.41) is 0. The predicted octanol–water partition coefficient (Wildman–Crippen LogP) is 3.03. The van der Waals surface area contributed by atoms with E-state index >= 15 is 0 Å². The summed E-state index contributed by atoms with van der Waals surface area (Å²) < 4.78 is 16.4. The van der Waals surface area contributed by atoms with Crippen molar-refractivity contribution in [1.29, 1.82) is 0 Å². The number of rotatable bonds is 3. The van der Waals surface area contributed by atoms with E-state index in [1.165, 1.54) is 28.2 Å². The molecule has 1 unspecified atom stereocenters. The van der Waals surface area contributed by atoms with E-state index < -0.39 is 5.60 Å². The summed E-state index contributed by atoms with van der Waals surface area (Å²) in [6.07, 6.45) is 2.60. The van der Waals surface area contributed by atoms with Gasteiger partial charge in [0.05, 0.1) is 13.2 Å². The van der Waals surface area contributed by atoms with Crippen molar-refractivity contribution in [2.24, 2.45) is 0 Å². The molecule has 1 aromatic rings. The summed E-state index contributed by atoms with van der Waals surface area (Å²) in [7, 11) is 0. The molecule has 2 aliphatic rings. The molecule has 0 spiro atoms. The SMILES string of the molecule is CC(C)(C)OC(=O)N1CCOC(COC(=O)c2cc3c(s2)CCC3)C1. The number of morpholine rings is 1. The number of fused-ring (bicyclic) bond motifs is 1. The highest BCUT2D eigenvalue weighted by Crippen LogP contribution is 2.31. The van der Waals surface area contributed by atoms with Gasteiger partial charge in [-0.1, -0.05) is 0 Å². The van der Waals surface area contributed by atoms with Crippen molar-refractivity contribution in [3.63, 3.8) is 0 Å². The van der Waals surface area contributed by atoms with Gasteiger partial charge in [-0.2, -0.15) is 0 Å². The van der Waals surface area contributed by atoms with Gasteiger partial charge in [-0.15, -0.1) is 11.3 Å². The second-order valence-electron chi connectivity index (χ2n) is 7.43. The van der Waals surface area contributed by atoms with Crippen molar-refractivity contribution in [2.75, 3.05) is 26.3 Å². The van der Waals surface area contributed by atoms with Gasteiger partial charge in [0.1, 0.15) is 23.2 Å². The highest BCUT2D eigenvalue weighted by atomic mass is 32.1. The van der Waals surface area contributed by atoms with Crippen molar-refractivity contribution < 1.29 is 23.8 Å². The summed E-state index contributed by atoms with van der Waals surface area (Å²) in [6.45, 7) is 6.91. The Balaban J connectivity index is 1.49. The molecule has 1 aliphatic heterocycles. The quantitative estimate of drug-likeness (QED) is 0.769. The maximum absolute atomic E-state index is 12.2. The van der Waals surface area contributed by atoms with Crippen molar-refractivity contribution in [2.45, 2.75) is 51.7 Å². The standard InChI is InChI=1S/C18H25NO5S/c1-18(2,3)24-17(21)19-7-8-22-13(10-19)11-23-16(20)15-9-12-5-4-6-14(12)25-15/h9,13H,4-8,10-11H2,1-3H3. The van der Waals surface area contributed by atoms with Crippen LogP contribution in [0.4, 0.5) is 4.79 Å². The third-order valence-corrected chi connectivity index (χ3v) is 5.36. The first kappa shape index (κ1) is 18.2. The van der Waals surface area contributed by atoms with Gasteiger partial charge in [0.2, 0.25) is 0 Å². The number of hydrogen-bond acceptors (Lipinski definition) is 6. The highest BCUT2D eigenvalue weighted by Gasteiger charge is 2.29. The van der Waals surface area contributed by atoms with Gasteiger partial charge in [-0.05, 0) is 51.7 Å². The third kappa shape index (κ3) is 4.73. The second-order valence-corrected chi connectivity index (χ2v) is 8.57. The fourth-order valence-electron chi connectivity index (χ4n) is 2.98. The number of carbonyl (C=O) groups is 2. The lowest BCUT2D eigenvalue weighted by Crippen LogP contribution is -2.48. The average Bonchev–Trinajstić information content (AvgIpc) is 3.13. The predicted molar refractivity (Wildman–Crippen MR) is 94.2 cm³/mol. The third-order valence-electron chi connectivity index (χ3n) is 4.14. The van der Waals surface area contributed by atoms with Crippen molar-refractivity contribution in [3.05, 3.63) is 21.4 Å². The fraction of sp³-hybridized carbons (Fsp3) is 0.667. The number of carbonyl (C=O) groups excluding carboxylic acids is 2. The number of amides is 1. The Morgan fingerprint density at radius 3 is 2.88 bits per heavy atom. The van der Waals surface area contributed by atoms with Gasteiger partial charge >= 0.3 is 12.1 Å². The maximum Gasteiger partial charge on any atom is 0.410 e. The van der Waals surface area contributed by atoms with Crippen LogP contribution in [0.5, 0.6) is 0 Å². The minimum absolute atomic E-state index is 0.140. The lowest BCUT2D eigenvalue weighted by Gasteiger charge is -2.33. The molecule has 1 aromatic heterocycles. The zero-order valence-corrected chi connectivity index (χ0v) is 15.8. The monoisotopic (exact) mass is 367 g/mol. The minimum Gasteiger partial charge on any atom is -0.459 e. The molecule has 1 aliphatic carbocycles. The first-order valence-corrected chi connectivity index (χ1v) is 9.52. The molecule has 1 atom stereocenters. The van der Waals surface area contributed by atoms with Gasteiger partial charge in [0, 0.05) is 11.4 Å². The van der Waals surface area contributed by atoms with Crippen LogP contribution in [0.1, 0.15) is 47.3 Å². The van der Waals surface area contributed by atoms with Crippen LogP contribution in [-0.2, 0) is 27.1 Å². The zero-order chi connectivity index (χ0) is 18.0. The fourth-order valence-corrected chi connectivity index (χ4v) is 4.13. The van der Waals surface area contributed by atoms with Crippen molar-refractivity contribution >= 4 is 23.4 Å². The van der Waals surface area contributed by atoms with E-state index in [4.69, 9.17) is 14.2 Å². The van der Waals surface area contributed by atoms with E-state index in [0.717, 1.165) is 12.8 Å². The molecule has 1 amide bonds. The molecular formula is C18H25NO5S. The Bertz CT molecular complexity index is 627.